The number of hydrogen-bond donors (Lipinski definition) is 1. The minimum Gasteiger partial charge on any atom is -0.339 e. The summed E-state index contributed by atoms with van der Waals surface area (Å²) in [5.74, 6) is 0.280. The zero-order valence-electron chi connectivity index (χ0n) is 12.0. The molecule has 1 aliphatic rings. The Balaban J connectivity index is 2.04. The average molecular weight is 281 g/mol. The van der Waals surface area contributed by atoms with Crippen molar-refractivity contribution in [2.45, 2.75) is 39.7 Å². The van der Waals surface area contributed by atoms with Gasteiger partial charge in [0.05, 0.1) is 22.7 Å². The van der Waals surface area contributed by atoms with Gasteiger partial charge in [0.25, 0.3) is 0 Å². The van der Waals surface area contributed by atoms with Crippen molar-refractivity contribution in [3.05, 3.63) is 16.1 Å². The van der Waals surface area contributed by atoms with Gasteiger partial charge in [0.2, 0.25) is 5.91 Å². The van der Waals surface area contributed by atoms with E-state index >= 15 is 0 Å². The summed E-state index contributed by atoms with van der Waals surface area (Å²) < 4.78 is 0. The molecular formula is C14H23N3OS. The lowest BCUT2D eigenvalue weighted by molar-refractivity contribution is -0.143. The van der Waals surface area contributed by atoms with Crippen LogP contribution in [0.3, 0.4) is 0 Å². The summed E-state index contributed by atoms with van der Waals surface area (Å²) in [5, 5.41) is 6.44. The van der Waals surface area contributed by atoms with Gasteiger partial charge in [-0.05, 0) is 39.3 Å². The predicted molar refractivity (Wildman–Crippen MR) is 78.2 cm³/mol. The van der Waals surface area contributed by atoms with Crippen LogP contribution < -0.4 is 5.32 Å². The molecule has 0 aromatic carbocycles. The lowest BCUT2D eigenvalue weighted by atomic mass is 9.75. The van der Waals surface area contributed by atoms with Crippen LogP contribution >= 0.6 is 11.3 Å². The van der Waals surface area contributed by atoms with Crippen molar-refractivity contribution in [1.82, 2.24) is 15.2 Å². The number of thiazole rings is 1. The monoisotopic (exact) mass is 281 g/mol. The standard InChI is InChI=1S/C14H23N3OS/c1-4-14(5-7-15-8-6-14)13(18)17(3)9-12-10-19-11(2)16-12/h10,15H,4-9H2,1-3H3. The highest BCUT2D eigenvalue weighted by molar-refractivity contribution is 7.09. The van der Waals surface area contributed by atoms with E-state index in [4.69, 9.17) is 0 Å². The Bertz CT molecular complexity index is 438. The summed E-state index contributed by atoms with van der Waals surface area (Å²) in [6.07, 6.45) is 2.82. The summed E-state index contributed by atoms with van der Waals surface area (Å²) in [4.78, 5) is 19.0. The first kappa shape index (κ1) is 14.5. The number of aryl methyl sites for hydroxylation is 1. The van der Waals surface area contributed by atoms with E-state index in [-0.39, 0.29) is 11.3 Å². The van der Waals surface area contributed by atoms with E-state index < -0.39 is 0 Å². The number of carbonyl (C=O) groups excluding carboxylic acids is 1. The molecule has 1 N–H and O–H groups in total. The lowest BCUT2D eigenvalue weighted by Gasteiger charge is -2.38. The van der Waals surface area contributed by atoms with Gasteiger partial charge in [-0.3, -0.25) is 4.79 Å². The van der Waals surface area contributed by atoms with Gasteiger partial charge in [-0.15, -0.1) is 11.3 Å². The van der Waals surface area contributed by atoms with E-state index in [9.17, 15) is 4.79 Å². The van der Waals surface area contributed by atoms with Gasteiger partial charge < -0.3 is 10.2 Å². The Hall–Kier alpha value is -0.940. The summed E-state index contributed by atoms with van der Waals surface area (Å²) in [6, 6.07) is 0. The van der Waals surface area contributed by atoms with Crippen LogP contribution in [0.15, 0.2) is 5.38 Å². The van der Waals surface area contributed by atoms with Crippen molar-refractivity contribution in [2.24, 2.45) is 5.41 Å². The zero-order valence-corrected chi connectivity index (χ0v) is 12.8. The SMILES string of the molecule is CCC1(C(=O)N(C)Cc2csc(C)n2)CCNCC1. The van der Waals surface area contributed by atoms with Crippen molar-refractivity contribution >= 4 is 17.2 Å². The van der Waals surface area contributed by atoms with Crippen LogP contribution in [0.25, 0.3) is 0 Å². The van der Waals surface area contributed by atoms with E-state index in [2.05, 4.69) is 17.2 Å². The Morgan fingerprint density at radius 1 is 1.53 bits per heavy atom. The predicted octanol–water partition coefficient (Wildman–Crippen LogP) is 2.19. The molecule has 0 atom stereocenters. The molecule has 1 aliphatic heterocycles. The Morgan fingerprint density at radius 2 is 2.21 bits per heavy atom. The van der Waals surface area contributed by atoms with Crippen molar-refractivity contribution in [3.8, 4) is 0 Å². The van der Waals surface area contributed by atoms with Gasteiger partial charge in [-0.25, -0.2) is 4.98 Å². The number of carbonyl (C=O) groups is 1. The second kappa shape index (κ2) is 6.01. The number of nitrogens with one attached hydrogen (secondary N) is 1. The molecule has 1 fully saturated rings. The van der Waals surface area contributed by atoms with Crippen LogP contribution in [-0.2, 0) is 11.3 Å². The Morgan fingerprint density at radius 3 is 2.74 bits per heavy atom. The highest BCUT2D eigenvalue weighted by Crippen LogP contribution is 2.34. The first-order chi connectivity index (χ1) is 9.07. The van der Waals surface area contributed by atoms with Gasteiger partial charge in [0.1, 0.15) is 0 Å². The molecule has 19 heavy (non-hydrogen) atoms. The third kappa shape index (κ3) is 3.15. The normalized spacial score (nSPS) is 18.3. The van der Waals surface area contributed by atoms with Crippen LogP contribution in [0.2, 0.25) is 0 Å². The van der Waals surface area contributed by atoms with E-state index in [0.717, 1.165) is 43.1 Å². The molecule has 1 amide bonds. The molecule has 4 nitrogen and oxygen atoms in total. The van der Waals surface area contributed by atoms with Gasteiger partial charge in [-0.2, -0.15) is 0 Å². The lowest BCUT2D eigenvalue weighted by Crippen LogP contribution is -2.47. The molecule has 2 heterocycles. The zero-order chi connectivity index (χ0) is 13.9. The summed E-state index contributed by atoms with van der Waals surface area (Å²) in [6.45, 7) is 6.64. The van der Waals surface area contributed by atoms with Crippen molar-refractivity contribution < 1.29 is 4.79 Å². The van der Waals surface area contributed by atoms with Crippen molar-refractivity contribution in [3.63, 3.8) is 0 Å². The smallest absolute Gasteiger partial charge is 0.228 e. The number of piperidine rings is 1. The number of amides is 1. The van der Waals surface area contributed by atoms with E-state index in [1.807, 2.05) is 24.3 Å². The van der Waals surface area contributed by atoms with E-state index in [1.54, 1.807) is 11.3 Å². The molecule has 106 valence electrons. The number of aromatic nitrogens is 1. The second-order valence-electron chi connectivity index (χ2n) is 5.40. The number of rotatable bonds is 4. The molecule has 0 spiro atoms. The third-order valence-corrected chi connectivity index (χ3v) is 4.93. The molecule has 1 aromatic rings. The Labute approximate surface area is 119 Å². The first-order valence-corrected chi connectivity index (χ1v) is 7.82. The van der Waals surface area contributed by atoms with Gasteiger partial charge in [0.15, 0.2) is 0 Å². The molecule has 0 radical (unpaired) electrons. The first-order valence-electron chi connectivity index (χ1n) is 6.95. The fourth-order valence-electron chi connectivity index (χ4n) is 2.82. The summed E-state index contributed by atoms with van der Waals surface area (Å²) in [5.41, 5.74) is 0.837. The van der Waals surface area contributed by atoms with Crippen LogP contribution in [0.4, 0.5) is 0 Å². The second-order valence-corrected chi connectivity index (χ2v) is 6.47. The summed E-state index contributed by atoms with van der Waals surface area (Å²) >= 11 is 1.64. The molecule has 2 rings (SSSR count). The minimum absolute atomic E-state index is 0.162. The molecule has 1 aromatic heterocycles. The maximum absolute atomic E-state index is 12.7. The fraction of sp³-hybridized carbons (Fsp3) is 0.714. The highest BCUT2D eigenvalue weighted by atomic mass is 32.1. The molecular weight excluding hydrogens is 258 g/mol. The molecule has 0 saturated carbocycles. The molecule has 0 bridgehead atoms. The Kier molecular flexibility index (Phi) is 4.58. The minimum atomic E-state index is -0.162. The molecule has 1 saturated heterocycles. The fourth-order valence-corrected chi connectivity index (χ4v) is 3.43. The van der Waals surface area contributed by atoms with Crippen LogP contribution in [-0.4, -0.2) is 35.9 Å². The maximum atomic E-state index is 12.7. The van der Waals surface area contributed by atoms with Crippen molar-refractivity contribution in [2.75, 3.05) is 20.1 Å². The van der Waals surface area contributed by atoms with Crippen LogP contribution in [0.1, 0.15) is 36.9 Å². The third-order valence-electron chi connectivity index (χ3n) is 4.10. The number of nitrogens with zero attached hydrogens (tertiary/aromatic N) is 2. The van der Waals surface area contributed by atoms with Crippen LogP contribution in [0, 0.1) is 12.3 Å². The highest BCUT2D eigenvalue weighted by Gasteiger charge is 2.39. The average Bonchev–Trinajstić information content (AvgIpc) is 2.84. The summed E-state index contributed by atoms with van der Waals surface area (Å²) in [7, 11) is 1.90. The largest absolute Gasteiger partial charge is 0.339 e. The van der Waals surface area contributed by atoms with Crippen LogP contribution in [0.5, 0.6) is 0 Å². The van der Waals surface area contributed by atoms with E-state index in [0.29, 0.717) is 6.54 Å². The van der Waals surface area contributed by atoms with Gasteiger partial charge >= 0.3 is 0 Å². The van der Waals surface area contributed by atoms with Gasteiger partial charge in [-0.1, -0.05) is 6.92 Å². The topological polar surface area (TPSA) is 45.2 Å². The number of hydrogen-bond acceptors (Lipinski definition) is 4. The molecule has 5 heteroatoms. The van der Waals surface area contributed by atoms with E-state index in [1.165, 1.54) is 0 Å². The molecule has 0 aliphatic carbocycles. The van der Waals surface area contributed by atoms with Crippen molar-refractivity contribution in [1.29, 1.82) is 0 Å². The van der Waals surface area contributed by atoms with Gasteiger partial charge in [0, 0.05) is 12.4 Å². The maximum Gasteiger partial charge on any atom is 0.228 e. The quantitative estimate of drug-likeness (QED) is 0.920. The molecule has 0 unspecified atom stereocenters.